The first-order chi connectivity index (χ1) is 9.00. The molecule has 1 amide bonds. The zero-order valence-corrected chi connectivity index (χ0v) is 14.2. The van der Waals surface area contributed by atoms with E-state index in [1.165, 1.54) is 0 Å². The van der Waals surface area contributed by atoms with E-state index in [0.29, 0.717) is 10.2 Å². The predicted molar refractivity (Wildman–Crippen MR) is 85.6 cm³/mol. The smallest absolute Gasteiger partial charge is 0.259 e. The molecular weight excluding hydrogens is 442 g/mol. The lowest BCUT2D eigenvalue weighted by molar-refractivity contribution is 0.102. The Balaban J connectivity index is 2.31. The summed E-state index contributed by atoms with van der Waals surface area (Å²) >= 11 is 9.92. The van der Waals surface area contributed by atoms with Gasteiger partial charge in [-0.1, -0.05) is 12.1 Å². The van der Waals surface area contributed by atoms with Crippen LogP contribution < -0.4 is 5.32 Å². The van der Waals surface area contributed by atoms with Gasteiger partial charge in [0.1, 0.15) is 5.75 Å². The van der Waals surface area contributed by atoms with Gasteiger partial charge in [0.15, 0.2) is 0 Å². The van der Waals surface area contributed by atoms with Crippen molar-refractivity contribution in [2.75, 3.05) is 5.32 Å². The Hall–Kier alpha value is -0.850. The molecule has 0 saturated carbocycles. The first-order valence-corrected chi connectivity index (χ1v) is 7.61. The van der Waals surface area contributed by atoms with E-state index in [0.717, 1.165) is 8.95 Å². The van der Waals surface area contributed by atoms with E-state index in [9.17, 15) is 9.90 Å². The van der Waals surface area contributed by atoms with Crippen molar-refractivity contribution < 1.29 is 9.90 Å². The van der Waals surface area contributed by atoms with Crippen LogP contribution in [0.1, 0.15) is 10.4 Å². The number of nitrogens with one attached hydrogen (secondary N) is 1. The monoisotopic (exact) mass is 447 g/mol. The number of amides is 1. The van der Waals surface area contributed by atoms with Gasteiger partial charge < -0.3 is 10.4 Å². The van der Waals surface area contributed by atoms with Crippen molar-refractivity contribution in [1.82, 2.24) is 0 Å². The second kappa shape index (κ2) is 6.07. The highest BCUT2D eigenvalue weighted by atomic mass is 79.9. The minimum Gasteiger partial charge on any atom is -0.506 e. The van der Waals surface area contributed by atoms with Gasteiger partial charge in [0.05, 0.1) is 20.2 Å². The summed E-state index contributed by atoms with van der Waals surface area (Å²) in [5, 5.41) is 12.6. The summed E-state index contributed by atoms with van der Waals surface area (Å²) in [5.74, 6) is -0.455. The van der Waals surface area contributed by atoms with Crippen molar-refractivity contribution in [2.45, 2.75) is 0 Å². The number of carbonyl (C=O) groups is 1. The molecule has 98 valence electrons. The van der Waals surface area contributed by atoms with E-state index in [4.69, 9.17) is 0 Å². The Bertz CT molecular complexity index is 644. The zero-order chi connectivity index (χ0) is 14.0. The maximum Gasteiger partial charge on any atom is 0.259 e. The highest BCUT2D eigenvalue weighted by molar-refractivity contribution is 9.13. The molecule has 0 bridgehead atoms. The minimum absolute atomic E-state index is 0.0777. The van der Waals surface area contributed by atoms with Crippen LogP contribution in [0.5, 0.6) is 5.75 Å². The van der Waals surface area contributed by atoms with Crippen molar-refractivity contribution in [3.05, 3.63) is 55.4 Å². The largest absolute Gasteiger partial charge is 0.506 e. The van der Waals surface area contributed by atoms with E-state index in [1.54, 1.807) is 24.3 Å². The molecule has 2 rings (SSSR count). The van der Waals surface area contributed by atoms with Gasteiger partial charge in [0, 0.05) is 4.47 Å². The lowest BCUT2D eigenvalue weighted by Crippen LogP contribution is -2.12. The summed E-state index contributed by atoms with van der Waals surface area (Å²) in [6, 6.07) is 10.3. The molecule has 3 nitrogen and oxygen atoms in total. The van der Waals surface area contributed by atoms with Crippen LogP contribution in [0.15, 0.2) is 49.8 Å². The normalized spacial score (nSPS) is 10.3. The van der Waals surface area contributed by atoms with Crippen LogP contribution in [0, 0.1) is 0 Å². The van der Waals surface area contributed by atoms with Crippen LogP contribution in [-0.2, 0) is 0 Å². The molecule has 6 heteroatoms. The number of benzene rings is 2. The van der Waals surface area contributed by atoms with Crippen molar-refractivity contribution in [2.24, 2.45) is 0 Å². The molecule has 0 heterocycles. The van der Waals surface area contributed by atoms with E-state index in [-0.39, 0.29) is 17.2 Å². The standard InChI is InChI=1S/C13H8Br3NO2/c14-8-4-2-6-10(11(8)16)17-13(19)7-3-1-5-9(15)12(7)18/h1-6,18H,(H,17,19). The Morgan fingerprint density at radius 3 is 2.37 bits per heavy atom. The topological polar surface area (TPSA) is 49.3 Å². The van der Waals surface area contributed by atoms with Gasteiger partial charge in [-0.05, 0) is 72.1 Å². The van der Waals surface area contributed by atoms with Crippen molar-refractivity contribution in [1.29, 1.82) is 0 Å². The maximum absolute atomic E-state index is 12.1. The number of hydrogen-bond acceptors (Lipinski definition) is 2. The zero-order valence-electron chi connectivity index (χ0n) is 9.45. The van der Waals surface area contributed by atoms with Gasteiger partial charge in [0.2, 0.25) is 0 Å². The number of hydrogen-bond donors (Lipinski definition) is 2. The molecule has 19 heavy (non-hydrogen) atoms. The fourth-order valence-corrected chi connectivity index (χ4v) is 2.58. The first kappa shape index (κ1) is 14.6. The number of para-hydroxylation sites is 1. The molecule has 2 aromatic carbocycles. The van der Waals surface area contributed by atoms with Crippen LogP contribution >= 0.6 is 47.8 Å². The van der Waals surface area contributed by atoms with Crippen LogP contribution in [0.3, 0.4) is 0 Å². The molecule has 0 aromatic heterocycles. The predicted octanol–water partition coefficient (Wildman–Crippen LogP) is 4.93. The van der Waals surface area contributed by atoms with Gasteiger partial charge >= 0.3 is 0 Å². The molecular formula is C13H8Br3NO2. The van der Waals surface area contributed by atoms with Gasteiger partial charge in [-0.3, -0.25) is 4.79 Å². The molecule has 2 N–H and O–H groups in total. The lowest BCUT2D eigenvalue weighted by atomic mass is 10.2. The number of phenols is 1. The van der Waals surface area contributed by atoms with Crippen molar-refractivity contribution >= 4 is 59.4 Å². The van der Waals surface area contributed by atoms with Gasteiger partial charge in [-0.25, -0.2) is 0 Å². The Morgan fingerprint density at radius 2 is 1.63 bits per heavy atom. The third-order valence-electron chi connectivity index (χ3n) is 2.43. The molecule has 0 atom stereocenters. The molecule has 0 aliphatic carbocycles. The number of aromatic hydroxyl groups is 1. The van der Waals surface area contributed by atoms with Crippen LogP contribution in [0.4, 0.5) is 5.69 Å². The van der Waals surface area contributed by atoms with Crippen molar-refractivity contribution in [3.8, 4) is 5.75 Å². The number of carbonyl (C=O) groups excluding carboxylic acids is 1. The Labute approximate surface area is 135 Å². The third kappa shape index (κ3) is 3.19. The number of anilines is 1. The highest BCUT2D eigenvalue weighted by Gasteiger charge is 2.14. The molecule has 0 radical (unpaired) electrons. The second-order valence-corrected chi connectivity index (χ2v) is 6.19. The average molecular weight is 450 g/mol. The fraction of sp³-hybridized carbons (Fsp3) is 0. The maximum atomic E-state index is 12.1. The van der Waals surface area contributed by atoms with Gasteiger partial charge in [-0.15, -0.1) is 0 Å². The van der Waals surface area contributed by atoms with E-state index < -0.39 is 0 Å². The molecule has 0 spiro atoms. The summed E-state index contributed by atoms with van der Waals surface area (Å²) in [7, 11) is 0. The molecule has 0 fully saturated rings. The SMILES string of the molecule is O=C(Nc1cccc(Br)c1Br)c1cccc(Br)c1O. The van der Waals surface area contributed by atoms with Gasteiger partial charge in [-0.2, -0.15) is 0 Å². The summed E-state index contributed by atoms with van der Waals surface area (Å²) in [6.45, 7) is 0. The molecule has 0 saturated heterocycles. The second-order valence-electron chi connectivity index (χ2n) is 3.69. The quantitative estimate of drug-likeness (QED) is 0.682. The summed E-state index contributed by atoms with van der Waals surface area (Å²) in [5.41, 5.74) is 0.833. The summed E-state index contributed by atoms with van der Waals surface area (Å²) in [4.78, 5) is 12.1. The molecule has 0 unspecified atom stereocenters. The number of phenolic OH excluding ortho intramolecular Hbond substituents is 1. The molecule has 0 aliphatic heterocycles. The lowest BCUT2D eigenvalue weighted by Gasteiger charge is -2.10. The van der Waals surface area contributed by atoms with E-state index in [2.05, 4.69) is 53.1 Å². The van der Waals surface area contributed by atoms with Gasteiger partial charge in [0.25, 0.3) is 5.91 Å². The fourth-order valence-electron chi connectivity index (χ4n) is 1.49. The average Bonchev–Trinajstić information content (AvgIpc) is 2.38. The number of halogens is 3. The van der Waals surface area contributed by atoms with Crippen molar-refractivity contribution in [3.63, 3.8) is 0 Å². The van der Waals surface area contributed by atoms with Crippen LogP contribution in [-0.4, -0.2) is 11.0 Å². The van der Waals surface area contributed by atoms with Crippen LogP contribution in [0.25, 0.3) is 0 Å². The highest BCUT2D eigenvalue weighted by Crippen LogP contribution is 2.32. The molecule has 0 aliphatic rings. The van der Waals surface area contributed by atoms with E-state index >= 15 is 0 Å². The number of rotatable bonds is 2. The van der Waals surface area contributed by atoms with E-state index in [1.807, 2.05) is 12.1 Å². The first-order valence-electron chi connectivity index (χ1n) is 5.23. The minimum atomic E-state index is -0.377. The Morgan fingerprint density at radius 1 is 1.00 bits per heavy atom. The Kier molecular flexibility index (Phi) is 4.65. The van der Waals surface area contributed by atoms with Crippen LogP contribution in [0.2, 0.25) is 0 Å². The molecule has 2 aromatic rings. The third-order valence-corrected chi connectivity index (χ3v) is 5.12. The summed E-state index contributed by atoms with van der Waals surface area (Å²) in [6.07, 6.45) is 0. The summed E-state index contributed by atoms with van der Waals surface area (Å²) < 4.78 is 2.06.